The molecule has 0 aliphatic carbocycles. The van der Waals surface area contributed by atoms with E-state index in [1.54, 1.807) is 24.4 Å². The van der Waals surface area contributed by atoms with Crippen molar-refractivity contribution in [2.45, 2.75) is 11.8 Å². The van der Waals surface area contributed by atoms with E-state index in [4.69, 9.17) is 0 Å². The van der Waals surface area contributed by atoms with Crippen molar-refractivity contribution >= 4 is 26.7 Å². The molecule has 3 rings (SSSR count). The first-order valence-electron chi connectivity index (χ1n) is 6.46. The number of hydrogen-bond acceptors (Lipinski definition) is 4. The fraction of sp³-hybridized carbons (Fsp3) is 0.0667. The van der Waals surface area contributed by atoms with E-state index in [-0.39, 0.29) is 21.6 Å². The molecule has 7 heteroatoms. The standard InChI is InChI=1S/C15H12FN3O2S/c1-10-4-7-14(18-9-10)19-22(20,21)13-6-5-12(16)15-11(13)3-2-8-17-15/h2-9H,1H3,(H,18,19). The average Bonchev–Trinajstić information content (AvgIpc) is 2.50. The second-order valence-corrected chi connectivity index (χ2v) is 6.42. The Balaban J connectivity index is 2.10. The van der Waals surface area contributed by atoms with Crippen LogP contribution in [0.2, 0.25) is 0 Å². The van der Waals surface area contributed by atoms with Gasteiger partial charge >= 0.3 is 0 Å². The number of sulfonamides is 1. The fourth-order valence-corrected chi connectivity index (χ4v) is 3.27. The zero-order valence-corrected chi connectivity index (χ0v) is 12.4. The van der Waals surface area contributed by atoms with Gasteiger partial charge in [0, 0.05) is 17.8 Å². The average molecular weight is 317 g/mol. The minimum atomic E-state index is -3.89. The van der Waals surface area contributed by atoms with Crippen LogP contribution in [0.15, 0.2) is 53.7 Å². The van der Waals surface area contributed by atoms with Crippen LogP contribution in [0.4, 0.5) is 10.2 Å². The number of anilines is 1. The lowest BCUT2D eigenvalue weighted by molar-refractivity contribution is 0.601. The highest BCUT2D eigenvalue weighted by molar-refractivity contribution is 7.93. The van der Waals surface area contributed by atoms with Crippen molar-refractivity contribution in [1.29, 1.82) is 0 Å². The van der Waals surface area contributed by atoms with Crippen molar-refractivity contribution in [2.24, 2.45) is 0 Å². The number of hydrogen-bond donors (Lipinski definition) is 1. The van der Waals surface area contributed by atoms with Gasteiger partial charge in [0.25, 0.3) is 10.0 Å². The summed E-state index contributed by atoms with van der Waals surface area (Å²) in [6.07, 6.45) is 2.97. The van der Waals surface area contributed by atoms with Crippen LogP contribution in [0.25, 0.3) is 10.9 Å². The van der Waals surface area contributed by atoms with E-state index in [1.807, 2.05) is 6.92 Å². The van der Waals surface area contributed by atoms with Gasteiger partial charge in [0.05, 0.1) is 4.90 Å². The minimum absolute atomic E-state index is 0.0160. The summed E-state index contributed by atoms with van der Waals surface area (Å²) in [5.41, 5.74) is 0.932. The monoisotopic (exact) mass is 317 g/mol. The Bertz CT molecular complexity index is 941. The number of rotatable bonds is 3. The number of fused-ring (bicyclic) bond motifs is 1. The SMILES string of the molecule is Cc1ccc(NS(=O)(=O)c2ccc(F)c3ncccc23)nc1. The van der Waals surface area contributed by atoms with Gasteiger partial charge in [-0.05, 0) is 42.8 Å². The maximum Gasteiger partial charge on any atom is 0.263 e. The molecule has 0 atom stereocenters. The topological polar surface area (TPSA) is 72.0 Å². The first-order chi connectivity index (χ1) is 10.5. The van der Waals surface area contributed by atoms with Crippen molar-refractivity contribution in [3.8, 4) is 0 Å². The van der Waals surface area contributed by atoms with Crippen LogP contribution >= 0.6 is 0 Å². The van der Waals surface area contributed by atoms with Gasteiger partial charge in [-0.15, -0.1) is 0 Å². The van der Waals surface area contributed by atoms with Gasteiger partial charge in [-0.25, -0.2) is 17.8 Å². The molecule has 0 saturated carbocycles. The van der Waals surface area contributed by atoms with Crippen LogP contribution in [0.1, 0.15) is 5.56 Å². The van der Waals surface area contributed by atoms with Gasteiger partial charge in [-0.3, -0.25) is 9.71 Å². The highest BCUT2D eigenvalue weighted by atomic mass is 32.2. The number of nitrogens with zero attached hydrogens (tertiary/aromatic N) is 2. The fourth-order valence-electron chi connectivity index (χ4n) is 2.07. The Morgan fingerprint density at radius 3 is 2.64 bits per heavy atom. The third-order valence-electron chi connectivity index (χ3n) is 3.12. The number of nitrogens with one attached hydrogen (secondary N) is 1. The first kappa shape index (κ1) is 14.4. The van der Waals surface area contributed by atoms with Gasteiger partial charge in [-0.1, -0.05) is 6.07 Å². The Kier molecular flexibility index (Phi) is 3.50. The molecule has 22 heavy (non-hydrogen) atoms. The van der Waals surface area contributed by atoms with E-state index in [9.17, 15) is 12.8 Å². The molecule has 0 radical (unpaired) electrons. The summed E-state index contributed by atoms with van der Waals surface area (Å²) >= 11 is 0. The van der Waals surface area contributed by atoms with Crippen molar-refractivity contribution in [1.82, 2.24) is 9.97 Å². The Morgan fingerprint density at radius 2 is 1.91 bits per heavy atom. The van der Waals surface area contributed by atoms with Crippen LogP contribution in [-0.2, 0) is 10.0 Å². The van der Waals surface area contributed by atoms with E-state index in [0.717, 1.165) is 11.6 Å². The smallest absolute Gasteiger partial charge is 0.263 e. The van der Waals surface area contributed by atoms with Crippen LogP contribution in [0, 0.1) is 12.7 Å². The van der Waals surface area contributed by atoms with Gasteiger partial charge in [0.15, 0.2) is 0 Å². The first-order valence-corrected chi connectivity index (χ1v) is 7.94. The second kappa shape index (κ2) is 5.34. The van der Waals surface area contributed by atoms with Crippen molar-refractivity contribution in [2.75, 3.05) is 4.72 Å². The minimum Gasteiger partial charge on any atom is -0.263 e. The molecule has 0 aliphatic heterocycles. The lowest BCUT2D eigenvalue weighted by atomic mass is 10.2. The lowest BCUT2D eigenvalue weighted by Gasteiger charge is -2.10. The van der Waals surface area contributed by atoms with Crippen molar-refractivity contribution in [3.05, 3.63) is 60.2 Å². The number of benzene rings is 1. The summed E-state index contributed by atoms with van der Waals surface area (Å²) in [4.78, 5) is 7.86. The van der Waals surface area contributed by atoms with Crippen LogP contribution in [0.3, 0.4) is 0 Å². The van der Waals surface area contributed by atoms with E-state index in [2.05, 4.69) is 14.7 Å². The van der Waals surface area contributed by atoms with E-state index >= 15 is 0 Å². The molecule has 0 spiro atoms. The Labute approximate surface area is 126 Å². The highest BCUT2D eigenvalue weighted by Gasteiger charge is 2.19. The predicted molar refractivity (Wildman–Crippen MR) is 81.5 cm³/mol. The largest absolute Gasteiger partial charge is 0.263 e. The molecule has 2 heterocycles. The molecule has 0 aliphatic rings. The maximum absolute atomic E-state index is 13.7. The van der Waals surface area contributed by atoms with Gasteiger partial charge in [0.1, 0.15) is 17.2 Å². The van der Waals surface area contributed by atoms with Gasteiger partial charge < -0.3 is 0 Å². The quantitative estimate of drug-likeness (QED) is 0.806. The Morgan fingerprint density at radius 1 is 1.09 bits per heavy atom. The normalized spacial score (nSPS) is 11.5. The van der Waals surface area contributed by atoms with E-state index in [0.29, 0.717) is 0 Å². The molecule has 1 N–H and O–H groups in total. The zero-order chi connectivity index (χ0) is 15.7. The summed E-state index contributed by atoms with van der Waals surface area (Å²) in [5, 5.41) is 0.224. The molecule has 0 unspecified atom stereocenters. The van der Waals surface area contributed by atoms with Crippen LogP contribution in [-0.4, -0.2) is 18.4 Å². The van der Waals surface area contributed by atoms with E-state index < -0.39 is 15.8 Å². The third kappa shape index (κ3) is 2.62. The lowest BCUT2D eigenvalue weighted by Crippen LogP contribution is -2.14. The summed E-state index contributed by atoms with van der Waals surface area (Å²) in [7, 11) is -3.89. The van der Waals surface area contributed by atoms with Crippen molar-refractivity contribution in [3.63, 3.8) is 0 Å². The molecular weight excluding hydrogens is 305 g/mol. The molecular formula is C15H12FN3O2S. The second-order valence-electron chi connectivity index (χ2n) is 4.77. The zero-order valence-electron chi connectivity index (χ0n) is 11.6. The molecule has 0 saturated heterocycles. The van der Waals surface area contributed by atoms with E-state index in [1.165, 1.54) is 18.3 Å². The molecule has 1 aromatic carbocycles. The maximum atomic E-state index is 13.7. The number of halogens is 1. The summed E-state index contributed by atoms with van der Waals surface area (Å²) in [6.45, 7) is 1.85. The molecule has 3 aromatic rings. The Hall–Kier alpha value is -2.54. The van der Waals surface area contributed by atoms with Crippen molar-refractivity contribution < 1.29 is 12.8 Å². The number of pyridine rings is 2. The summed E-state index contributed by atoms with van der Waals surface area (Å²) in [5.74, 6) is -0.366. The number of aromatic nitrogens is 2. The molecule has 0 bridgehead atoms. The summed E-state index contributed by atoms with van der Waals surface area (Å²) in [6, 6.07) is 8.70. The molecule has 112 valence electrons. The van der Waals surface area contributed by atoms with Crippen LogP contribution < -0.4 is 4.72 Å². The van der Waals surface area contributed by atoms with Gasteiger partial charge in [0.2, 0.25) is 0 Å². The molecule has 2 aromatic heterocycles. The third-order valence-corrected chi connectivity index (χ3v) is 4.53. The van der Waals surface area contributed by atoms with Crippen LogP contribution in [0.5, 0.6) is 0 Å². The number of aryl methyl sites for hydroxylation is 1. The van der Waals surface area contributed by atoms with Gasteiger partial charge in [-0.2, -0.15) is 0 Å². The summed E-state index contributed by atoms with van der Waals surface area (Å²) < 4.78 is 41.1. The molecule has 0 fully saturated rings. The molecule has 0 amide bonds. The molecule has 5 nitrogen and oxygen atoms in total. The predicted octanol–water partition coefficient (Wildman–Crippen LogP) is 2.88. The highest BCUT2D eigenvalue weighted by Crippen LogP contribution is 2.25.